The zero-order chi connectivity index (χ0) is 13.9. The highest BCUT2D eigenvalue weighted by atomic mass is 35.5. The molecule has 1 rings (SSSR count). The molecule has 1 aromatic rings. The molecule has 0 spiro atoms. The number of hydrogen-bond acceptors (Lipinski definition) is 3. The molecule has 6 heteroatoms. The van der Waals surface area contributed by atoms with Crippen LogP contribution in [0.5, 0.6) is 0 Å². The van der Waals surface area contributed by atoms with Crippen LogP contribution in [0.3, 0.4) is 0 Å². The van der Waals surface area contributed by atoms with Crippen molar-refractivity contribution >= 4 is 23.5 Å². The van der Waals surface area contributed by atoms with Gasteiger partial charge >= 0.3 is 11.9 Å². The summed E-state index contributed by atoms with van der Waals surface area (Å²) in [6.07, 6.45) is 1.83. The Morgan fingerprint density at radius 3 is 2.28 bits per heavy atom. The summed E-state index contributed by atoms with van der Waals surface area (Å²) >= 11 is 6.07. The molecule has 0 aliphatic rings. The first-order valence-electron chi connectivity index (χ1n) is 5.52. The molecule has 0 amide bonds. The first-order chi connectivity index (χ1) is 8.41. The van der Waals surface area contributed by atoms with Gasteiger partial charge in [0.15, 0.2) is 0 Å². The van der Waals surface area contributed by atoms with Gasteiger partial charge in [0.05, 0.1) is 10.7 Å². The minimum absolute atomic E-state index is 0.106. The van der Waals surface area contributed by atoms with Gasteiger partial charge in [-0.15, -0.1) is 0 Å². The zero-order valence-electron chi connectivity index (χ0n) is 10.1. The molecule has 0 saturated heterocycles. The number of rotatable bonds is 5. The van der Waals surface area contributed by atoms with Crippen molar-refractivity contribution in [3.05, 3.63) is 28.5 Å². The van der Waals surface area contributed by atoms with Gasteiger partial charge in [-0.2, -0.15) is 0 Å². The number of carboxylic acid groups (broad SMARTS) is 2. The molecule has 1 aromatic heterocycles. The molecule has 0 bridgehead atoms. The summed E-state index contributed by atoms with van der Waals surface area (Å²) < 4.78 is 0. The van der Waals surface area contributed by atoms with Crippen molar-refractivity contribution in [3.63, 3.8) is 0 Å². The van der Waals surface area contributed by atoms with Gasteiger partial charge in [0.25, 0.3) is 0 Å². The van der Waals surface area contributed by atoms with Gasteiger partial charge in [-0.05, 0) is 24.5 Å². The molecular weight excluding hydrogens is 258 g/mol. The summed E-state index contributed by atoms with van der Waals surface area (Å²) in [6, 6.07) is 1.65. The monoisotopic (exact) mass is 271 g/mol. The number of carbonyl (C=O) groups is 2. The van der Waals surface area contributed by atoms with Gasteiger partial charge in [-0.1, -0.05) is 25.4 Å². The zero-order valence-corrected chi connectivity index (χ0v) is 10.9. The van der Waals surface area contributed by atoms with Crippen molar-refractivity contribution in [1.29, 1.82) is 0 Å². The largest absolute Gasteiger partial charge is 0.480 e. The van der Waals surface area contributed by atoms with E-state index >= 15 is 0 Å². The maximum atomic E-state index is 11.4. The Balaban J connectivity index is 3.58. The van der Waals surface area contributed by atoms with E-state index in [1.807, 2.05) is 6.92 Å². The molecule has 0 aliphatic heterocycles. The summed E-state index contributed by atoms with van der Waals surface area (Å²) in [5.41, 5.74) is -1.52. The molecule has 0 aliphatic carbocycles. The molecule has 0 fully saturated rings. The third-order valence-corrected chi connectivity index (χ3v) is 3.44. The van der Waals surface area contributed by atoms with Crippen molar-refractivity contribution in [2.75, 3.05) is 0 Å². The standard InChI is InChI=1S/C12H14ClNO4/c1-3-7-5-6-14-9(8(7)13)12(4-2,10(15)16)11(17)18/h5-6H,3-4H2,1-2H3,(H,15,16)(H,17,18). The number of hydrogen-bond donors (Lipinski definition) is 2. The number of halogens is 1. The molecule has 1 heterocycles. The molecular formula is C12H14ClNO4. The second kappa shape index (κ2) is 5.35. The fourth-order valence-electron chi connectivity index (χ4n) is 1.82. The number of nitrogens with zero attached hydrogens (tertiary/aromatic N) is 1. The van der Waals surface area contributed by atoms with Crippen LogP contribution in [0.1, 0.15) is 31.5 Å². The molecule has 0 unspecified atom stereocenters. The Kier molecular flexibility index (Phi) is 4.29. The molecule has 2 N–H and O–H groups in total. The number of aromatic nitrogens is 1. The van der Waals surface area contributed by atoms with E-state index < -0.39 is 17.4 Å². The van der Waals surface area contributed by atoms with Crippen molar-refractivity contribution in [2.45, 2.75) is 32.1 Å². The first kappa shape index (κ1) is 14.4. The summed E-state index contributed by atoms with van der Waals surface area (Å²) in [4.78, 5) is 26.6. The van der Waals surface area contributed by atoms with Gasteiger partial charge in [-0.3, -0.25) is 14.6 Å². The lowest BCUT2D eigenvalue weighted by Gasteiger charge is -2.24. The Bertz CT molecular complexity index is 473. The highest BCUT2D eigenvalue weighted by Crippen LogP contribution is 2.34. The molecule has 98 valence electrons. The Labute approximate surface area is 109 Å². The lowest BCUT2D eigenvalue weighted by Crippen LogP contribution is -2.44. The van der Waals surface area contributed by atoms with E-state index in [1.54, 1.807) is 6.07 Å². The van der Waals surface area contributed by atoms with Crippen molar-refractivity contribution < 1.29 is 19.8 Å². The third kappa shape index (κ3) is 2.06. The van der Waals surface area contributed by atoms with Crippen molar-refractivity contribution in [3.8, 4) is 0 Å². The van der Waals surface area contributed by atoms with Crippen LogP contribution in [-0.4, -0.2) is 27.1 Å². The second-order valence-corrected chi connectivity index (χ2v) is 4.23. The third-order valence-electron chi connectivity index (χ3n) is 3.01. The predicted octanol–water partition coefficient (Wildman–Crippen LogP) is 2.11. The highest BCUT2D eigenvalue weighted by molar-refractivity contribution is 6.32. The number of carboxylic acids is 2. The minimum atomic E-state index is -2.09. The molecule has 18 heavy (non-hydrogen) atoms. The van der Waals surface area contributed by atoms with E-state index in [9.17, 15) is 19.8 Å². The number of aryl methyl sites for hydroxylation is 1. The van der Waals surface area contributed by atoms with Crippen LogP contribution >= 0.6 is 11.6 Å². The van der Waals surface area contributed by atoms with Crippen LogP contribution in [0, 0.1) is 0 Å². The van der Waals surface area contributed by atoms with Gasteiger partial charge in [-0.25, -0.2) is 0 Å². The molecule has 0 aromatic carbocycles. The van der Waals surface area contributed by atoms with Gasteiger partial charge in [0, 0.05) is 6.20 Å². The maximum Gasteiger partial charge on any atom is 0.327 e. The lowest BCUT2D eigenvalue weighted by atomic mass is 9.80. The highest BCUT2D eigenvalue weighted by Gasteiger charge is 2.49. The van der Waals surface area contributed by atoms with E-state index in [1.165, 1.54) is 13.1 Å². The fraction of sp³-hybridized carbons (Fsp3) is 0.417. The Hall–Kier alpha value is -1.62. The maximum absolute atomic E-state index is 11.4. The topological polar surface area (TPSA) is 87.5 Å². The molecule has 0 saturated carbocycles. The van der Waals surface area contributed by atoms with Gasteiger partial charge < -0.3 is 10.2 Å². The number of aliphatic carboxylic acids is 2. The fourth-order valence-corrected chi connectivity index (χ4v) is 2.22. The van der Waals surface area contributed by atoms with Gasteiger partial charge in [0.1, 0.15) is 0 Å². The molecule has 0 atom stereocenters. The average Bonchev–Trinajstić information content (AvgIpc) is 2.31. The van der Waals surface area contributed by atoms with Crippen LogP contribution < -0.4 is 0 Å². The van der Waals surface area contributed by atoms with E-state index in [0.717, 1.165) is 0 Å². The predicted molar refractivity (Wildman–Crippen MR) is 65.9 cm³/mol. The van der Waals surface area contributed by atoms with Crippen molar-refractivity contribution in [2.24, 2.45) is 0 Å². The molecule has 5 nitrogen and oxygen atoms in total. The Morgan fingerprint density at radius 2 is 1.89 bits per heavy atom. The second-order valence-electron chi connectivity index (χ2n) is 3.86. The quantitative estimate of drug-likeness (QED) is 0.801. The van der Waals surface area contributed by atoms with Crippen LogP contribution in [-0.2, 0) is 21.4 Å². The summed E-state index contributed by atoms with van der Waals surface area (Å²) in [5, 5.41) is 18.6. The number of pyridine rings is 1. The SMILES string of the molecule is CCc1ccnc(C(CC)(C(=O)O)C(=O)O)c1Cl. The summed E-state index contributed by atoms with van der Waals surface area (Å²) in [6.45, 7) is 3.33. The minimum Gasteiger partial charge on any atom is -0.480 e. The summed E-state index contributed by atoms with van der Waals surface area (Å²) in [7, 11) is 0. The van der Waals surface area contributed by atoms with E-state index in [0.29, 0.717) is 12.0 Å². The van der Waals surface area contributed by atoms with Crippen LogP contribution in [0.2, 0.25) is 5.02 Å². The van der Waals surface area contributed by atoms with E-state index in [-0.39, 0.29) is 17.1 Å². The normalized spacial score (nSPS) is 11.3. The van der Waals surface area contributed by atoms with E-state index in [2.05, 4.69) is 4.98 Å². The van der Waals surface area contributed by atoms with Crippen LogP contribution in [0.15, 0.2) is 12.3 Å². The smallest absolute Gasteiger partial charge is 0.327 e. The van der Waals surface area contributed by atoms with Gasteiger partial charge in [0.2, 0.25) is 5.41 Å². The summed E-state index contributed by atoms with van der Waals surface area (Å²) in [5.74, 6) is -2.92. The Morgan fingerprint density at radius 1 is 1.33 bits per heavy atom. The van der Waals surface area contributed by atoms with Crippen molar-refractivity contribution in [1.82, 2.24) is 4.98 Å². The first-order valence-corrected chi connectivity index (χ1v) is 5.90. The van der Waals surface area contributed by atoms with Crippen LogP contribution in [0.25, 0.3) is 0 Å². The van der Waals surface area contributed by atoms with Crippen LogP contribution in [0.4, 0.5) is 0 Å². The average molecular weight is 272 g/mol. The lowest BCUT2D eigenvalue weighted by molar-refractivity contribution is -0.158. The molecule has 0 radical (unpaired) electrons. The van der Waals surface area contributed by atoms with E-state index in [4.69, 9.17) is 11.6 Å².